The fourth-order valence-electron chi connectivity index (χ4n) is 3.97. The molecule has 2 heterocycles. The van der Waals surface area contributed by atoms with Crippen molar-refractivity contribution in [3.05, 3.63) is 52.2 Å². The number of hydrogen-bond acceptors (Lipinski definition) is 7. The van der Waals surface area contributed by atoms with E-state index in [2.05, 4.69) is 15.4 Å². The summed E-state index contributed by atoms with van der Waals surface area (Å²) in [5.74, 6) is -0.898. The summed E-state index contributed by atoms with van der Waals surface area (Å²) in [7, 11) is 0. The highest BCUT2D eigenvalue weighted by Crippen LogP contribution is 2.25. The second kappa shape index (κ2) is 13.8. The van der Waals surface area contributed by atoms with Gasteiger partial charge in [-0.2, -0.15) is 8.78 Å². The Hall–Kier alpha value is -3.58. The second-order valence-electron chi connectivity index (χ2n) is 8.74. The van der Waals surface area contributed by atoms with E-state index in [1.54, 1.807) is 30.5 Å². The molecule has 3 amide bonds. The van der Waals surface area contributed by atoms with E-state index in [0.717, 1.165) is 9.78 Å². The van der Waals surface area contributed by atoms with Gasteiger partial charge in [0.25, 0.3) is 0 Å². The van der Waals surface area contributed by atoms with Gasteiger partial charge in [-0.3, -0.25) is 19.8 Å². The summed E-state index contributed by atoms with van der Waals surface area (Å²) in [6, 6.07) is 9.31. The molecule has 38 heavy (non-hydrogen) atoms. The number of alkyl halides is 2. The first-order valence-electron chi connectivity index (χ1n) is 12.0. The van der Waals surface area contributed by atoms with Crippen LogP contribution in [0.5, 0.6) is 5.75 Å². The molecule has 1 saturated heterocycles. The molecule has 0 radical (unpaired) electrons. The van der Waals surface area contributed by atoms with Gasteiger partial charge >= 0.3 is 6.61 Å². The fourth-order valence-corrected chi connectivity index (χ4v) is 4.89. The lowest BCUT2D eigenvalue weighted by atomic mass is 10.1. The molecule has 1 fully saturated rings. The maximum absolute atomic E-state index is 13.0. The molecule has 5 N–H and O–H groups in total. The number of rotatable bonds is 13. The molecule has 1 aliphatic heterocycles. The molecule has 2 aromatic rings. The van der Waals surface area contributed by atoms with Crippen molar-refractivity contribution in [2.24, 2.45) is 5.73 Å². The number of amidine groups is 1. The molecule has 1 aromatic carbocycles. The predicted molar refractivity (Wildman–Crippen MR) is 137 cm³/mol. The molecular weight excluding hydrogens is 520 g/mol. The van der Waals surface area contributed by atoms with Gasteiger partial charge < -0.3 is 30.7 Å². The molecule has 13 heteroatoms. The normalized spacial score (nSPS) is 17.7. The Balaban J connectivity index is 1.52. The number of benzene rings is 1. The highest BCUT2D eigenvalue weighted by molar-refractivity contribution is 7.10. The van der Waals surface area contributed by atoms with Gasteiger partial charge in [0.15, 0.2) is 0 Å². The molecular formula is C25H31F2N5O5S. The van der Waals surface area contributed by atoms with Gasteiger partial charge in [-0.15, -0.1) is 11.3 Å². The van der Waals surface area contributed by atoms with Crippen molar-refractivity contribution in [3.8, 4) is 5.75 Å². The van der Waals surface area contributed by atoms with Crippen LogP contribution in [0.3, 0.4) is 0 Å². The van der Waals surface area contributed by atoms with Crippen molar-refractivity contribution in [1.82, 2.24) is 15.5 Å². The lowest BCUT2D eigenvalue weighted by Gasteiger charge is -2.25. The van der Waals surface area contributed by atoms with Gasteiger partial charge in [-0.25, -0.2) is 0 Å². The van der Waals surface area contributed by atoms with Crippen LogP contribution < -0.4 is 21.1 Å². The van der Waals surface area contributed by atoms with E-state index in [1.807, 2.05) is 18.2 Å². The SMILES string of the molecule is CC(NC(=O)[C@@H]1C[C@@H](OC(F)F)CN1C(=O)CNC(=O)CCCOc1ccccc1)c1cc(C(=N)N)cs1. The fraction of sp³-hybridized carbons (Fsp3) is 0.440. The minimum Gasteiger partial charge on any atom is -0.494 e. The van der Waals surface area contributed by atoms with E-state index in [9.17, 15) is 23.2 Å². The summed E-state index contributed by atoms with van der Waals surface area (Å²) in [4.78, 5) is 40.0. The van der Waals surface area contributed by atoms with Crippen molar-refractivity contribution in [2.45, 2.75) is 51.0 Å². The summed E-state index contributed by atoms with van der Waals surface area (Å²) in [6.07, 6.45) is -0.577. The maximum atomic E-state index is 13.0. The number of carbonyl (C=O) groups excluding carboxylic acids is 3. The Bertz CT molecular complexity index is 1120. The molecule has 0 spiro atoms. The Morgan fingerprint density at radius 2 is 2.00 bits per heavy atom. The van der Waals surface area contributed by atoms with Crippen LogP contribution in [0.25, 0.3) is 0 Å². The van der Waals surface area contributed by atoms with Crippen molar-refractivity contribution < 1.29 is 32.6 Å². The van der Waals surface area contributed by atoms with Crippen molar-refractivity contribution >= 4 is 34.9 Å². The number of hydrogen-bond donors (Lipinski definition) is 4. The number of ether oxygens (including phenoxy) is 2. The van der Waals surface area contributed by atoms with E-state index in [0.29, 0.717) is 24.3 Å². The largest absolute Gasteiger partial charge is 0.494 e. The molecule has 0 saturated carbocycles. The van der Waals surface area contributed by atoms with Crippen LogP contribution in [0.4, 0.5) is 8.78 Å². The van der Waals surface area contributed by atoms with E-state index >= 15 is 0 Å². The summed E-state index contributed by atoms with van der Waals surface area (Å²) >= 11 is 1.31. The van der Waals surface area contributed by atoms with Gasteiger partial charge in [-0.1, -0.05) is 18.2 Å². The summed E-state index contributed by atoms with van der Waals surface area (Å²) in [6.45, 7) is -1.59. The average molecular weight is 552 g/mol. The number of para-hydroxylation sites is 1. The molecule has 206 valence electrons. The van der Waals surface area contributed by atoms with Crippen molar-refractivity contribution in [2.75, 3.05) is 19.7 Å². The molecule has 0 aliphatic carbocycles. The molecule has 3 atom stereocenters. The van der Waals surface area contributed by atoms with Gasteiger partial charge in [0, 0.05) is 35.2 Å². The molecule has 1 unspecified atom stereocenters. The van der Waals surface area contributed by atoms with Gasteiger partial charge in [0.05, 0.1) is 25.3 Å². The van der Waals surface area contributed by atoms with E-state index in [1.165, 1.54) is 11.3 Å². The predicted octanol–water partition coefficient (Wildman–Crippen LogP) is 2.39. The Morgan fingerprint density at radius 3 is 2.66 bits per heavy atom. The number of likely N-dealkylation sites (tertiary alicyclic amines) is 1. The minimum absolute atomic E-state index is 0.101. The third-order valence-corrected chi connectivity index (χ3v) is 7.01. The molecule has 10 nitrogen and oxygen atoms in total. The van der Waals surface area contributed by atoms with E-state index < -0.39 is 36.6 Å². The van der Waals surface area contributed by atoms with Crippen LogP contribution in [0.2, 0.25) is 0 Å². The summed E-state index contributed by atoms with van der Waals surface area (Å²) in [5, 5.41) is 14.5. The summed E-state index contributed by atoms with van der Waals surface area (Å²) in [5.41, 5.74) is 6.01. The van der Waals surface area contributed by atoms with Crippen LogP contribution >= 0.6 is 11.3 Å². The Morgan fingerprint density at radius 1 is 1.26 bits per heavy atom. The number of nitrogens with two attached hydrogens (primary N) is 1. The van der Waals surface area contributed by atoms with Crippen LogP contribution in [0, 0.1) is 5.41 Å². The minimum atomic E-state index is -3.05. The summed E-state index contributed by atoms with van der Waals surface area (Å²) < 4.78 is 35.8. The number of nitrogens with zero attached hydrogens (tertiary/aromatic N) is 1. The van der Waals surface area contributed by atoms with Crippen LogP contribution in [0.1, 0.15) is 42.7 Å². The number of nitrogens with one attached hydrogen (secondary N) is 3. The van der Waals surface area contributed by atoms with Gasteiger partial charge in [-0.05, 0) is 31.5 Å². The lowest BCUT2D eigenvalue weighted by molar-refractivity contribution is -0.160. The van der Waals surface area contributed by atoms with Crippen molar-refractivity contribution in [3.63, 3.8) is 0 Å². The standard InChI is InChI=1S/C25H31F2N5O5S/c1-15(20-10-16(14-38-20)23(28)29)31-24(35)19-11-18(37-25(26)27)13-32(19)22(34)12-30-21(33)8-5-9-36-17-6-3-2-4-7-17/h2-4,6-7,10,14-15,18-19,25H,5,8-9,11-13H2,1H3,(H3,28,29)(H,30,33)(H,31,35)/t15?,18-,19+/m1/s1. The highest BCUT2D eigenvalue weighted by atomic mass is 32.1. The van der Waals surface area contributed by atoms with E-state index in [-0.39, 0.29) is 37.7 Å². The molecule has 0 bridgehead atoms. The molecule has 1 aromatic heterocycles. The number of carbonyl (C=O) groups is 3. The third kappa shape index (κ3) is 8.48. The van der Waals surface area contributed by atoms with Gasteiger partial charge in [0.2, 0.25) is 17.7 Å². The van der Waals surface area contributed by atoms with Crippen LogP contribution in [0.15, 0.2) is 41.8 Å². The quantitative estimate of drug-likeness (QED) is 0.171. The zero-order chi connectivity index (χ0) is 27.7. The van der Waals surface area contributed by atoms with Gasteiger partial charge in [0.1, 0.15) is 17.6 Å². The van der Waals surface area contributed by atoms with Crippen LogP contribution in [-0.4, -0.2) is 66.9 Å². The smallest absolute Gasteiger partial charge is 0.345 e. The Kier molecular flexibility index (Phi) is 10.5. The average Bonchev–Trinajstić information content (AvgIpc) is 3.54. The van der Waals surface area contributed by atoms with E-state index in [4.69, 9.17) is 15.9 Å². The molecule has 3 rings (SSSR count). The van der Waals surface area contributed by atoms with Crippen LogP contribution in [-0.2, 0) is 19.1 Å². The number of thiophene rings is 1. The number of halogens is 2. The molecule has 1 aliphatic rings. The first-order valence-corrected chi connectivity index (χ1v) is 12.9. The first-order chi connectivity index (χ1) is 18.1. The zero-order valence-electron chi connectivity index (χ0n) is 20.8. The first kappa shape index (κ1) is 29.0. The Labute approximate surface area is 223 Å². The maximum Gasteiger partial charge on any atom is 0.345 e. The monoisotopic (exact) mass is 551 g/mol. The second-order valence-corrected chi connectivity index (χ2v) is 9.68. The van der Waals surface area contributed by atoms with Crippen molar-refractivity contribution in [1.29, 1.82) is 5.41 Å². The highest BCUT2D eigenvalue weighted by Gasteiger charge is 2.41. The topological polar surface area (TPSA) is 147 Å². The third-order valence-electron chi connectivity index (χ3n) is 5.89. The number of amides is 3. The number of nitrogen functional groups attached to an aromatic ring is 1. The zero-order valence-corrected chi connectivity index (χ0v) is 21.6. The lowest BCUT2D eigenvalue weighted by Crippen LogP contribution is -2.49.